The van der Waals surface area contributed by atoms with E-state index in [0.29, 0.717) is 6.04 Å². The molecule has 1 aromatic rings. The number of thiophene rings is 1. The molecular formula is C17H25NS. The average Bonchev–Trinajstić information content (AvgIpc) is 2.89. The number of hydrogen-bond acceptors (Lipinski definition) is 2. The van der Waals surface area contributed by atoms with Crippen LogP contribution in [0.25, 0.3) is 0 Å². The van der Waals surface area contributed by atoms with Crippen LogP contribution in [0.3, 0.4) is 0 Å². The second-order valence-corrected chi connectivity index (χ2v) is 7.88. The van der Waals surface area contributed by atoms with E-state index in [-0.39, 0.29) is 0 Å². The van der Waals surface area contributed by atoms with Crippen LogP contribution in [0.1, 0.15) is 50.6 Å². The van der Waals surface area contributed by atoms with Gasteiger partial charge in [-0.1, -0.05) is 6.92 Å². The Labute approximate surface area is 120 Å². The molecule has 1 heterocycles. The van der Waals surface area contributed by atoms with Crippen molar-refractivity contribution in [3.05, 3.63) is 22.4 Å². The third-order valence-electron chi connectivity index (χ3n) is 6.01. The molecule has 1 aromatic heterocycles. The second-order valence-electron chi connectivity index (χ2n) is 7.10. The van der Waals surface area contributed by atoms with E-state index in [1.807, 2.05) is 11.3 Å². The number of nitrogens with one attached hydrogen (secondary N) is 1. The van der Waals surface area contributed by atoms with Gasteiger partial charge in [0.15, 0.2) is 0 Å². The quantitative estimate of drug-likeness (QED) is 0.855. The fourth-order valence-corrected chi connectivity index (χ4v) is 6.36. The predicted octanol–water partition coefficient (Wildman–Crippen LogP) is 4.47. The predicted molar refractivity (Wildman–Crippen MR) is 81.3 cm³/mol. The van der Waals surface area contributed by atoms with Crippen LogP contribution in [0.2, 0.25) is 0 Å². The summed E-state index contributed by atoms with van der Waals surface area (Å²) in [4.78, 5) is 0. The fourth-order valence-electron chi connectivity index (χ4n) is 5.66. The van der Waals surface area contributed by atoms with E-state index < -0.39 is 0 Å². The van der Waals surface area contributed by atoms with Crippen molar-refractivity contribution in [1.29, 1.82) is 0 Å². The summed E-state index contributed by atoms with van der Waals surface area (Å²) in [6, 6.07) is 2.98. The van der Waals surface area contributed by atoms with E-state index in [2.05, 4.69) is 29.1 Å². The molecule has 19 heavy (non-hydrogen) atoms. The highest BCUT2D eigenvalue weighted by molar-refractivity contribution is 7.07. The molecular weight excluding hydrogens is 250 g/mol. The molecule has 5 rings (SSSR count). The second kappa shape index (κ2) is 4.89. The van der Waals surface area contributed by atoms with Crippen LogP contribution in [0.5, 0.6) is 0 Å². The van der Waals surface area contributed by atoms with Crippen LogP contribution in [-0.4, -0.2) is 6.54 Å². The van der Waals surface area contributed by atoms with Gasteiger partial charge in [0.05, 0.1) is 0 Å². The summed E-state index contributed by atoms with van der Waals surface area (Å²) >= 11 is 1.86. The Morgan fingerprint density at radius 1 is 1.16 bits per heavy atom. The van der Waals surface area contributed by atoms with Crippen LogP contribution < -0.4 is 5.32 Å². The first kappa shape index (κ1) is 12.4. The zero-order valence-electron chi connectivity index (χ0n) is 11.8. The van der Waals surface area contributed by atoms with Crippen LogP contribution in [-0.2, 0) is 0 Å². The zero-order chi connectivity index (χ0) is 12.8. The minimum Gasteiger partial charge on any atom is -0.310 e. The van der Waals surface area contributed by atoms with Gasteiger partial charge in [0.2, 0.25) is 0 Å². The topological polar surface area (TPSA) is 12.0 Å². The lowest BCUT2D eigenvalue weighted by molar-refractivity contribution is -0.0522. The minimum absolute atomic E-state index is 0.631. The fraction of sp³-hybridized carbons (Fsp3) is 0.765. The molecule has 1 unspecified atom stereocenters. The molecule has 2 heteroatoms. The highest BCUT2D eigenvalue weighted by Crippen LogP contribution is 2.59. The molecule has 0 aromatic carbocycles. The molecule has 1 N–H and O–H groups in total. The Morgan fingerprint density at radius 2 is 1.84 bits per heavy atom. The van der Waals surface area contributed by atoms with Crippen LogP contribution in [0.4, 0.5) is 0 Å². The summed E-state index contributed by atoms with van der Waals surface area (Å²) in [6.07, 6.45) is 7.69. The average molecular weight is 275 g/mol. The Morgan fingerprint density at radius 3 is 2.37 bits per heavy atom. The van der Waals surface area contributed by atoms with Crippen LogP contribution >= 0.6 is 11.3 Å². The number of rotatable bonds is 4. The molecule has 1 atom stereocenters. The summed E-state index contributed by atoms with van der Waals surface area (Å²) < 4.78 is 0. The SMILES string of the molecule is CCNC(c1ccsc1)C1C2CC3CC(C2)CC1C3. The van der Waals surface area contributed by atoms with Gasteiger partial charge in [0.25, 0.3) is 0 Å². The lowest BCUT2D eigenvalue weighted by atomic mass is 9.50. The Balaban J connectivity index is 1.62. The van der Waals surface area contributed by atoms with Crippen molar-refractivity contribution >= 4 is 11.3 Å². The van der Waals surface area contributed by atoms with Gasteiger partial charge in [-0.25, -0.2) is 0 Å². The van der Waals surface area contributed by atoms with Crippen LogP contribution in [0, 0.1) is 29.6 Å². The summed E-state index contributed by atoms with van der Waals surface area (Å²) in [6.45, 7) is 3.36. The highest BCUT2D eigenvalue weighted by Gasteiger charge is 2.50. The van der Waals surface area contributed by atoms with Crippen molar-refractivity contribution in [2.75, 3.05) is 6.54 Å². The molecule has 4 aliphatic rings. The van der Waals surface area contributed by atoms with Crippen molar-refractivity contribution in [2.45, 2.75) is 45.1 Å². The molecule has 4 saturated carbocycles. The first-order valence-electron chi connectivity index (χ1n) is 8.10. The Hall–Kier alpha value is -0.340. The third-order valence-corrected chi connectivity index (χ3v) is 6.71. The van der Waals surface area contributed by atoms with Gasteiger partial charge < -0.3 is 5.32 Å². The van der Waals surface area contributed by atoms with Gasteiger partial charge in [0, 0.05) is 6.04 Å². The summed E-state index contributed by atoms with van der Waals surface area (Å²) in [5.41, 5.74) is 1.56. The first-order chi connectivity index (χ1) is 9.35. The van der Waals surface area contributed by atoms with Gasteiger partial charge in [-0.3, -0.25) is 0 Å². The molecule has 0 spiro atoms. The molecule has 4 aliphatic carbocycles. The molecule has 104 valence electrons. The maximum Gasteiger partial charge on any atom is 0.0362 e. The van der Waals surface area contributed by atoms with E-state index in [4.69, 9.17) is 0 Å². The maximum atomic E-state index is 3.82. The van der Waals surface area contributed by atoms with Crippen molar-refractivity contribution in [3.63, 3.8) is 0 Å². The highest BCUT2D eigenvalue weighted by atomic mass is 32.1. The van der Waals surface area contributed by atoms with Gasteiger partial charge in [0.1, 0.15) is 0 Å². The lowest BCUT2D eigenvalue weighted by Crippen LogP contribution is -2.49. The van der Waals surface area contributed by atoms with Gasteiger partial charge in [-0.05, 0) is 90.6 Å². The monoisotopic (exact) mass is 275 g/mol. The molecule has 0 aliphatic heterocycles. The van der Waals surface area contributed by atoms with Crippen molar-refractivity contribution in [2.24, 2.45) is 29.6 Å². The molecule has 1 nitrogen and oxygen atoms in total. The largest absolute Gasteiger partial charge is 0.310 e. The number of hydrogen-bond donors (Lipinski definition) is 1. The molecule has 4 fully saturated rings. The third kappa shape index (κ3) is 2.08. The van der Waals surface area contributed by atoms with Crippen molar-refractivity contribution in [1.82, 2.24) is 5.32 Å². The van der Waals surface area contributed by atoms with Gasteiger partial charge >= 0.3 is 0 Å². The standard InChI is InChI=1S/C17H25NS/c1-2-18-17(13-3-4-19-10-13)16-14-6-11-5-12(8-14)9-15(16)7-11/h3-4,10-12,14-18H,2,5-9H2,1H3. The summed E-state index contributed by atoms with van der Waals surface area (Å²) in [5, 5.41) is 8.44. The smallest absolute Gasteiger partial charge is 0.0362 e. The maximum absolute atomic E-state index is 3.82. The molecule has 0 amide bonds. The molecule has 0 radical (unpaired) electrons. The normalized spacial score (nSPS) is 41.6. The van der Waals surface area contributed by atoms with E-state index >= 15 is 0 Å². The summed E-state index contributed by atoms with van der Waals surface area (Å²) in [7, 11) is 0. The van der Waals surface area contributed by atoms with E-state index in [0.717, 1.165) is 36.1 Å². The van der Waals surface area contributed by atoms with E-state index in [1.54, 1.807) is 12.0 Å². The lowest BCUT2D eigenvalue weighted by Gasteiger charge is -2.56. The van der Waals surface area contributed by atoms with E-state index in [1.165, 1.54) is 25.7 Å². The first-order valence-corrected chi connectivity index (χ1v) is 9.05. The van der Waals surface area contributed by atoms with Crippen LogP contribution in [0.15, 0.2) is 16.8 Å². The van der Waals surface area contributed by atoms with Gasteiger partial charge in [-0.2, -0.15) is 11.3 Å². The Kier molecular flexibility index (Phi) is 3.19. The van der Waals surface area contributed by atoms with E-state index in [9.17, 15) is 0 Å². The minimum atomic E-state index is 0.631. The zero-order valence-corrected chi connectivity index (χ0v) is 12.7. The van der Waals surface area contributed by atoms with Crippen molar-refractivity contribution < 1.29 is 0 Å². The summed E-state index contributed by atoms with van der Waals surface area (Å²) in [5.74, 6) is 5.12. The Bertz CT molecular complexity index is 396. The molecule has 0 saturated heterocycles. The molecule has 4 bridgehead atoms. The van der Waals surface area contributed by atoms with Gasteiger partial charge in [-0.15, -0.1) is 0 Å². The van der Waals surface area contributed by atoms with Crippen molar-refractivity contribution in [3.8, 4) is 0 Å².